The van der Waals surface area contributed by atoms with E-state index in [2.05, 4.69) is 4.98 Å². The summed E-state index contributed by atoms with van der Waals surface area (Å²) in [6, 6.07) is 5.38. The largest absolute Gasteiger partial charge is 0.431 e. The van der Waals surface area contributed by atoms with E-state index in [4.69, 9.17) is 4.42 Å². The van der Waals surface area contributed by atoms with Crippen molar-refractivity contribution in [2.45, 2.75) is 12.1 Å². The molecule has 72 valence electrons. The molecule has 3 nitrogen and oxygen atoms in total. The summed E-state index contributed by atoms with van der Waals surface area (Å²) in [6.45, 7) is 1.53. The van der Waals surface area contributed by atoms with Gasteiger partial charge in [-0.2, -0.15) is 0 Å². The molecule has 2 aromatic rings. The summed E-state index contributed by atoms with van der Waals surface area (Å²) >= 11 is 1.43. The first-order chi connectivity index (χ1) is 6.72. The van der Waals surface area contributed by atoms with Crippen molar-refractivity contribution in [1.29, 1.82) is 0 Å². The first-order valence-corrected chi connectivity index (χ1v) is 5.39. The summed E-state index contributed by atoms with van der Waals surface area (Å²) < 4.78 is 5.41. The zero-order valence-corrected chi connectivity index (χ0v) is 8.72. The van der Waals surface area contributed by atoms with Crippen molar-refractivity contribution in [3.8, 4) is 0 Å². The number of thioether (sulfide) groups is 1. The number of nitrogens with zero attached hydrogens (tertiary/aromatic N) is 1. The highest BCUT2D eigenvalue weighted by molar-refractivity contribution is 7.98. The zero-order valence-electron chi connectivity index (χ0n) is 7.90. The molecule has 0 bridgehead atoms. The molecule has 0 radical (unpaired) electrons. The molecule has 0 aliphatic rings. The van der Waals surface area contributed by atoms with Crippen LogP contribution in [0.2, 0.25) is 0 Å². The van der Waals surface area contributed by atoms with Gasteiger partial charge in [0.2, 0.25) is 0 Å². The van der Waals surface area contributed by atoms with Gasteiger partial charge < -0.3 is 4.42 Å². The molecule has 0 aliphatic carbocycles. The van der Waals surface area contributed by atoms with Crippen molar-refractivity contribution in [3.05, 3.63) is 23.8 Å². The monoisotopic (exact) mass is 207 g/mol. The Bertz CT molecular complexity index is 490. The van der Waals surface area contributed by atoms with Crippen molar-refractivity contribution in [3.63, 3.8) is 0 Å². The predicted octanol–water partition coefficient (Wildman–Crippen LogP) is 2.75. The van der Waals surface area contributed by atoms with E-state index in [9.17, 15) is 4.79 Å². The maximum atomic E-state index is 11.3. The van der Waals surface area contributed by atoms with Crippen molar-refractivity contribution in [2.75, 3.05) is 6.26 Å². The number of ketones is 1. The fourth-order valence-corrected chi connectivity index (χ4v) is 1.66. The first-order valence-electron chi connectivity index (χ1n) is 4.17. The second-order valence-electron chi connectivity index (χ2n) is 2.89. The molecule has 14 heavy (non-hydrogen) atoms. The minimum Gasteiger partial charge on any atom is -0.431 e. The molecule has 0 N–H and O–H groups in total. The maximum Gasteiger partial charge on any atom is 0.256 e. The average Bonchev–Trinajstić information content (AvgIpc) is 2.59. The predicted molar refractivity (Wildman–Crippen MR) is 55.8 cm³/mol. The average molecular weight is 207 g/mol. The molecule has 0 atom stereocenters. The number of aromatic nitrogens is 1. The Morgan fingerprint density at radius 3 is 2.93 bits per heavy atom. The van der Waals surface area contributed by atoms with Crippen LogP contribution >= 0.6 is 11.8 Å². The Morgan fingerprint density at radius 2 is 2.29 bits per heavy atom. The summed E-state index contributed by atoms with van der Waals surface area (Å²) in [5.41, 5.74) is 1.94. The van der Waals surface area contributed by atoms with Gasteiger partial charge in [0.1, 0.15) is 5.52 Å². The highest BCUT2D eigenvalue weighted by atomic mass is 32.2. The van der Waals surface area contributed by atoms with Gasteiger partial charge in [-0.1, -0.05) is 17.8 Å². The topological polar surface area (TPSA) is 43.1 Å². The molecule has 0 fully saturated rings. The van der Waals surface area contributed by atoms with Gasteiger partial charge in [0, 0.05) is 5.56 Å². The van der Waals surface area contributed by atoms with Crippen LogP contribution in [0.1, 0.15) is 17.3 Å². The smallest absolute Gasteiger partial charge is 0.256 e. The van der Waals surface area contributed by atoms with Crippen LogP contribution in [-0.2, 0) is 0 Å². The van der Waals surface area contributed by atoms with Gasteiger partial charge in [0.25, 0.3) is 5.22 Å². The Hall–Kier alpha value is -1.29. The third kappa shape index (κ3) is 1.42. The fourth-order valence-electron chi connectivity index (χ4n) is 1.30. The summed E-state index contributed by atoms with van der Waals surface area (Å²) in [4.78, 5) is 15.5. The zero-order chi connectivity index (χ0) is 10.1. The minimum absolute atomic E-state index is 0.0107. The molecule has 0 saturated heterocycles. The molecule has 1 aromatic heterocycles. The number of fused-ring (bicyclic) bond motifs is 1. The van der Waals surface area contributed by atoms with Gasteiger partial charge in [0.05, 0.1) is 0 Å². The van der Waals surface area contributed by atoms with Crippen LogP contribution in [-0.4, -0.2) is 17.0 Å². The lowest BCUT2D eigenvalue weighted by Crippen LogP contribution is -1.92. The van der Waals surface area contributed by atoms with Gasteiger partial charge in [0.15, 0.2) is 11.4 Å². The maximum absolute atomic E-state index is 11.3. The van der Waals surface area contributed by atoms with Crippen LogP contribution in [0.25, 0.3) is 11.1 Å². The van der Waals surface area contributed by atoms with Crippen LogP contribution in [0.15, 0.2) is 27.8 Å². The van der Waals surface area contributed by atoms with E-state index in [-0.39, 0.29) is 5.78 Å². The number of Topliss-reactive ketones (excluding diaryl/α,β-unsaturated/α-hetero) is 1. The lowest BCUT2D eigenvalue weighted by atomic mass is 10.1. The van der Waals surface area contributed by atoms with Gasteiger partial charge in [-0.25, -0.2) is 4.98 Å². The highest BCUT2D eigenvalue weighted by Crippen LogP contribution is 2.24. The van der Waals surface area contributed by atoms with Gasteiger partial charge in [-0.05, 0) is 25.3 Å². The second kappa shape index (κ2) is 3.46. The Balaban J connectivity index is 2.73. The summed E-state index contributed by atoms with van der Waals surface area (Å²) in [6.07, 6.45) is 1.89. The number of rotatable bonds is 2. The summed E-state index contributed by atoms with van der Waals surface area (Å²) in [5, 5.41) is 0.591. The van der Waals surface area contributed by atoms with Gasteiger partial charge in [-0.3, -0.25) is 4.79 Å². The van der Waals surface area contributed by atoms with E-state index in [1.807, 2.05) is 12.3 Å². The minimum atomic E-state index is 0.0107. The van der Waals surface area contributed by atoms with Crippen molar-refractivity contribution >= 4 is 28.6 Å². The first kappa shape index (κ1) is 9.27. The van der Waals surface area contributed by atoms with Crippen LogP contribution < -0.4 is 0 Å². The molecule has 0 amide bonds. The summed E-state index contributed by atoms with van der Waals surface area (Å²) in [5.74, 6) is 0.0107. The number of hydrogen-bond acceptors (Lipinski definition) is 4. The third-order valence-electron chi connectivity index (χ3n) is 1.95. The quantitative estimate of drug-likeness (QED) is 0.561. The third-order valence-corrected chi connectivity index (χ3v) is 2.48. The number of carbonyl (C=O) groups excluding carboxylic acids is 1. The normalized spacial score (nSPS) is 10.7. The lowest BCUT2D eigenvalue weighted by Gasteiger charge is -1.93. The molecular weight excluding hydrogens is 198 g/mol. The molecule has 0 spiro atoms. The molecule has 2 rings (SSSR count). The molecule has 4 heteroatoms. The molecule has 0 saturated carbocycles. The number of hydrogen-bond donors (Lipinski definition) is 0. The van der Waals surface area contributed by atoms with E-state index in [1.54, 1.807) is 12.1 Å². The lowest BCUT2D eigenvalue weighted by molar-refractivity contribution is 0.101. The van der Waals surface area contributed by atoms with Crippen molar-refractivity contribution < 1.29 is 9.21 Å². The van der Waals surface area contributed by atoms with Crippen LogP contribution in [0.4, 0.5) is 0 Å². The van der Waals surface area contributed by atoms with Crippen LogP contribution in [0.3, 0.4) is 0 Å². The standard InChI is InChI=1S/C10H9NO2S/c1-6(12)7-4-3-5-8-9(7)11-10(13-8)14-2/h3-5H,1-2H3. The highest BCUT2D eigenvalue weighted by Gasteiger charge is 2.11. The Labute approximate surface area is 85.5 Å². The Morgan fingerprint density at radius 1 is 1.50 bits per heavy atom. The molecule has 0 unspecified atom stereocenters. The Kier molecular flexibility index (Phi) is 2.29. The van der Waals surface area contributed by atoms with E-state index in [1.165, 1.54) is 18.7 Å². The molecule has 1 aromatic carbocycles. The molecule has 1 heterocycles. The molecule has 0 aliphatic heterocycles. The number of benzene rings is 1. The van der Waals surface area contributed by atoms with Crippen molar-refractivity contribution in [2.24, 2.45) is 0 Å². The SMILES string of the molecule is CSc1nc2c(C(C)=O)cccc2o1. The summed E-state index contributed by atoms with van der Waals surface area (Å²) in [7, 11) is 0. The second-order valence-corrected chi connectivity index (χ2v) is 3.65. The van der Waals surface area contributed by atoms with E-state index in [0.717, 1.165) is 0 Å². The van der Waals surface area contributed by atoms with Crippen LogP contribution in [0.5, 0.6) is 0 Å². The fraction of sp³-hybridized carbons (Fsp3) is 0.200. The van der Waals surface area contributed by atoms with E-state index in [0.29, 0.717) is 21.9 Å². The number of oxazole rings is 1. The number of para-hydroxylation sites is 1. The number of carbonyl (C=O) groups is 1. The molecular formula is C10H9NO2S. The van der Waals surface area contributed by atoms with Crippen LogP contribution in [0, 0.1) is 0 Å². The van der Waals surface area contributed by atoms with E-state index >= 15 is 0 Å². The van der Waals surface area contributed by atoms with E-state index < -0.39 is 0 Å². The van der Waals surface area contributed by atoms with Gasteiger partial charge >= 0.3 is 0 Å². The van der Waals surface area contributed by atoms with Crippen molar-refractivity contribution in [1.82, 2.24) is 4.98 Å². The van der Waals surface area contributed by atoms with Gasteiger partial charge in [-0.15, -0.1) is 0 Å².